The van der Waals surface area contributed by atoms with Crippen LogP contribution in [0.4, 0.5) is 0 Å². The zero-order chi connectivity index (χ0) is 18.8. The van der Waals surface area contributed by atoms with Gasteiger partial charge in [-0.25, -0.2) is 4.98 Å². The summed E-state index contributed by atoms with van der Waals surface area (Å²) in [6.45, 7) is 4.04. The van der Waals surface area contributed by atoms with Crippen LogP contribution in [0.2, 0.25) is 0 Å². The van der Waals surface area contributed by atoms with Crippen LogP contribution in [0.3, 0.4) is 0 Å². The van der Waals surface area contributed by atoms with Crippen molar-refractivity contribution < 1.29 is 14.7 Å². The average molecular weight is 352 g/mol. The summed E-state index contributed by atoms with van der Waals surface area (Å²) < 4.78 is 0. The molecule has 136 valence electrons. The van der Waals surface area contributed by atoms with Crippen molar-refractivity contribution >= 4 is 11.7 Å². The second-order valence-corrected chi connectivity index (χ2v) is 7.10. The minimum Gasteiger partial charge on any atom is -0.382 e. The van der Waals surface area contributed by atoms with Gasteiger partial charge in [0.25, 0.3) is 5.91 Å². The van der Waals surface area contributed by atoms with Gasteiger partial charge >= 0.3 is 0 Å². The molecule has 1 unspecified atom stereocenters. The van der Waals surface area contributed by atoms with Gasteiger partial charge in [0.05, 0.1) is 5.69 Å². The van der Waals surface area contributed by atoms with Gasteiger partial charge in [-0.3, -0.25) is 9.59 Å². The van der Waals surface area contributed by atoms with Crippen molar-refractivity contribution in [3.63, 3.8) is 0 Å². The van der Waals surface area contributed by atoms with Crippen molar-refractivity contribution in [1.82, 2.24) is 10.3 Å². The molecular weight excluding hydrogens is 328 g/mol. The minimum absolute atomic E-state index is 0.00913. The first-order valence-corrected chi connectivity index (χ1v) is 8.91. The van der Waals surface area contributed by atoms with Crippen molar-refractivity contribution in [3.8, 4) is 0 Å². The zero-order valence-corrected chi connectivity index (χ0v) is 15.3. The van der Waals surface area contributed by atoms with Crippen LogP contribution in [0.5, 0.6) is 0 Å². The first-order chi connectivity index (χ1) is 12.4. The van der Waals surface area contributed by atoms with Gasteiger partial charge in [0.1, 0.15) is 11.8 Å². The number of rotatable bonds is 6. The van der Waals surface area contributed by atoms with Crippen LogP contribution < -0.4 is 5.32 Å². The number of benzene rings is 1. The molecule has 0 radical (unpaired) electrons. The van der Waals surface area contributed by atoms with E-state index in [-0.39, 0.29) is 17.4 Å². The molecule has 26 heavy (non-hydrogen) atoms. The van der Waals surface area contributed by atoms with Crippen LogP contribution in [0, 0.1) is 18.8 Å². The fourth-order valence-corrected chi connectivity index (χ4v) is 3.19. The number of pyridine rings is 1. The Morgan fingerprint density at radius 2 is 2.00 bits per heavy atom. The van der Waals surface area contributed by atoms with Gasteiger partial charge in [0.15, 0.2) is 5.78 Å². The standard InChI is InChI=1S/C21H24N2O3/c1-12-6-4-5-7-16(12)20(25)17-9-15(10-18(23-17)21(26)22-3)19(24)11-14-8-13(14)2/h4-7,9-10,13-14,20,25H,8,11H2,1-3H3,(H,22,26)/t13-,14+,20?/m0/s1. The van der Waals surface area contributed by atoms with Crippen molar-refractivity contribution in [2.75, 3.05) is 7.05 Å². The molecule has 0 bridgehead atoms. The van der Waals surface area contributed by atoms with Gasteiger partial charge in [-0.15, -0.1) is 0 Å². The lowest BCUT2D eigenvalue weighted by atomic mass is 9.97. The number of carbonyl (C=O) groups is 2. The lowest BCUT2D eigenvalue weighted by molar-refractivity contribution is 0.0957. The number of aryl methyl sites for hydroxylation is 1. The molecule has 3 rings (SSSR count). The third-order valence-electron chi connectivity index (χ3n) is 5.11. The molecule has 1 aliphatic carbocycles. The third kappa shape index (κ3) is 3.83. The predicted molar refractivity (Wildman–Crippen MR) is 99.1 cm³/mol. The Labute approximate surface area is 153 Å². The Balaban J connectivity index is 1.98. The SMILES string of the molecule is CNC(=O)c1cc(C(=O)C[C@H]2C[C@@H]2C)cc(C(O)c2ccccc2C)n1. The largest absolute Gasteiger partial charge is 0.382 e. The van der Waals surface area contributed by atoms with Gasteiger partial charge < -0.3 is 10.4 Å². The van der Waals surface area contributed by atoms with Gasteiger partial charge in [-0.1, -0.05) is 31.2 Å². The van der Waals surface area contributed by atoms with E-state index in [0.29, 0.717) is 35.1 Å². The molecule has 0 saturated heterocycles. The molecule has 1 amide bonds. The van der Waals surface area contributed by atoms with E-state index in [2.05, 4.69) is 17.2 Å². The molecule has 1 aliphatic rings. The average Bonchev–Trinajstić information content (AvgIpc) is 3.34. The van der Waals surface area contributed by atoms with Crippen LogP contribution in [-0.4, -0.2) is 28.8 Å². The van der Waals surface area contributed by atoms with Crippen molar-refractivity contribution in [2.45, 2.75) is 32.8 Å². The zero-order valence-electron chi connectivity index (χ0n) is 15.3. The van der Waals surface area contributed by atoms with Gasteiger partial charge in [0.2, 0.25) is 0 Å². The van der Waals surface area contributed by atoms with Crippen LogP contribution in [0.15, 0.2) is 36.4 Å². The van der Waals surface area contributed by atoms with E-state index in [9.17, 15) is 14.7 Å². The number of nitrogens with zero attached hydrogens (tertiary/aromatic N) is 1. The number of hydrogen-bond donors (Lipinski definition) is 2. The molecule has 0 aliphatic heterocycles. The van der Waals surface area contributed by atoms with E-state index in [4.69, 9.17) is 0 Å². The summed E-state index contributed by atoms with van der Waals surface area (Å²) in [5.74, 6) is 0.614. The highest BCUT2D eigenvalue weighted by atomic mass is 16.3. The Morgan fingerprint density at radius 3 is 2.62 bits per heavy atom. The van der Waals surface area contributed by atoms with E-state index >= 15 is 0 Å². The van der Waals surface area contributed by atoms with Crippen LogP contribution in [0.1, 0.15) is 63.5 Å². The van der Waals surface area contributed by atoms with E-state index in [1.807, 2.05) is 31.2 Å². The van der Waals surface area contributed by atoms with E-state index < -0.39 is 6.10 Å². The molecule has 3 atom stereocenters. The number of nitrogens with one attached hydrogen (secondary N) is 1. The lowest BCUT2D eigenvalue weighted by Gasteiger charge is -2.15. The van der Waals surface area contributed by atoms with Crippen LogP contribution in [-0.2, 0) is 0 Å². The number of aromatic nitrogens is 1. The smallest absolute Gasteiger partial charge is 0.269 e. The maximum atomic E-state index is 12.6. The summed E-state index contributed by atoms with van der Waals surface area (Å²) in [5.41, 5.74) is 2.52. The summed E-state index contributed by atoms with van der Waals surface area (Å²) in [6.07, 6.45) is 0.544. The fraction of sp³-hybridized carbons (Fsp3) is 0.381. The molecule has 2 aromatic rings. The van der Waals surface area contributed by atoms with Gasteiger partial charge in [-0.05, 0) is 48.4 Å². The number of ketones is 1. The van der Waals surface area contributed by atoms with Crippen LogP contribution in [0.25, 0.3) is 0 Å². The van der Waals surface area contributed by atoms with E-state index in [1.54, 1.807) is 6.07 Å². The normalized spacial score (nSPS) is 19.7. The second kappa shape index (κ2) is 7.38. The Kier molecular flexibility index (Phi) is 5.18. The van der Waals surface area contributed by atoms with Crippen molar-refractivity contribution in [2.24, 2.45) is 11.8 Å². The Morgan fingerprint density at radius 1 is 1.31 bits per heavy atom. The number of carbonyl (C=O) groups excluding carboxylic acids is 2. The van der Waals surface area contributed by atoms with E-state index in [0.717, 1.165) is 12.0 Å². The molecule has 1 aromatic heterocycles. The number of amides is 1. The molecule has 2 N–H and O–H groups in total. The molecule has 1 heterocycles. The summed E-state index contributed by atoms with van der Waals surface area (Å²) in [6, 6.07) is 10.6. The number of hydrogen-bond acceptors (Lipinski definition) is 4. The Bertz CT molecular complexity index is 847. The molecule has 0 spiro atoms. The topological polar surface area (TPSA) is 79.3 Å². The molecule has 1 aromatic carbocycles. The highest BCUT2D eigenvalue weighted by Crippen LogP contribution is 2.41. The summed E-state index contributed by atoms with van der Waals surface area (Å²) >= 11 is 0. The predicted octanol–water partition coefficient (Wildman–Crippen LogP) is 3.06. The highest BCUT2D eigenvalue weighted by molar-refractivity contribution is 6.00. The second-order valence-electron chi connectivity index (χ2n) is 7.10. The summed E-state index contributed by atoms with van der Waals surface area (Å²) in [4.78, 5) is 29.0. The highest BCUT2D eigenvalue weighted by Gasteiger charge is 2.34. The van der Waals surface area contributed by atoms with E-state index in [1.165, 1.54) is 13.1 Å². The Hall–Kier alpha value is -2.53. The molecule has 5 nitrogen and oxygen atoms in total. The first kappa shape index (κ1) is 18.3. The van der Waals surface area contributed by atoms with Crippen LogP contribution >= 0.6 is 0 Å². The lowest BCUT2D eigenvalue weighted by Crippen LogP contribution is -2.21. The summed E-state index contributed by atoms with van der Waals surface area (Å²) in [5, 5.41) is 13.3. The molecule has 5 heteroatoms. The maximum Gasteiger partial charge on any atom is 0.269 e. The van der Waals surface area contributed by atoms with Gasteiger partial charge in [0, 0.05) is 19.0 Å². The summed E-state index contributed by atoms with van der Waals surface area (Å²) in [7, 11) is 1.52. The monoisotopic (exact) mass is 352 g/mol. The fourth-order valence-electron chi connectivity index (χ4n) is 3.19. The maximum absolute atomic E-state index is 12.6. The molecular formula is C21H24N2O3. The third-order valence-corrected chi connectivity index (χ3v) is 5.11. The molecule has 1 fully saturated rings. The quantitative estimate of drug-likeness (QED) is 0.783. The first-order valence-electron chi connectivity index (χ1n) is 8.91. The van der Waals surface area contributed by atoms with Gasteiger partial charge in [-0.2, -0.15) is 0 Å². The minimum atomic E-state index is -0.993. The number of aliphatic hydroxyl groups excluding tert-OH is 1. The molecule has 1 saturated carbocycles. The van der Waals surface area contributed by atoms with Crippen molar-refractivity contribution in [3.05, 3.63) is 64.5 Å². The number of aliphatic hydroxyl groups is 1. The van der Waals surface area contributed by atoms with Crippen molar-refractivity contribution in [1.29, 1.82) is 0 Å². The number of Topliss-reactive ketones (excluding diaryl/α,β-unsaturated/α-hetero) is 1.